The third kappa shape index (κ3) is 2.51. The normalized spacial score (nSPS) is 23.9. The van der Waals surface area contributed by atoms with Crippen LogP contribution in [0.3, 0.4) is 0 Å². The lowest BCUT2D eigenvalue weighted by atomic mass is 9.80. The van der Waals surface area contributed by atoms with E-state index in [1.165, 1.54) is 43.2 Å². The largest absolute Gasteiger partial charge is 0.0764 e. The van der Waals surface area contributed by atoms with E-state index in [0.29, 0.717) is 11.8 Å². The van der Waals surface area contributed by atoms with E-state index < -0.39 is 0 Å². The average Bonchev–Trinajstić information content (AvgIpc) is 3.10. The zero-order valence-electron chi connectivity index (χ0n) is 15.0. The monoisotopic (exact) mass is 326 g/mol. The van der Waals surface area contributed by atoms with Gasteiger partial charge in [-0.2, -0.15) is 0 Å². The second-order valence-corrected chi connectivity index (χ2v) is 8.16. The molecule has 0 saturated carbocycles. The third-order valence-electron chi connectivity index (χ3n) is 6.62. The first kappa shape index (κ1) is 15.2. The first-order chi connectivity index (χ1) is 12.3. The molecule has 0 aliphatic heterocycles. The van der Waals surface area contributed by atoms with Gasteiger partial charge in [-0.1, -0.05) is 73.2 Å². The van der Waals surface area contributed by atoms with Crippen molar-refractivity contribution >= 4 is 11.6 Å². The van der Waals surface area contributed by atoms with Crippen LogP contribution in [-0.2, 0) is 0 Å². The first-order valence-electron chi connectivity index (χ1n) is 9.89. The maximum atomic E-state index is 2.45. The molecular weight excluding hydrogens is 300 g/mol. The van der Waals surface area contributed by atoms with Crippen LogP contribution < -0.4 is 0 Å². The lowest BCUT2D eigenvalue weighted by Crippen LogP contribution is -2.08. The van der Waals surface area contributed by atoms with Crippen LogP contribution >= 0.6 is 0 Å². The van der Waals surface area contributed by atoms with Gasteiger partial charge in [-0.05, 0) is 65.8 Å². The van der Waals surface area contributed by atoms with Crippen LogP contribution in [0.4, 0.5) is 0 Å². The lowest BCUT2D eigenvalue weighted by Gasteiger charge is -2.24. The van der Waals surface area contributed by atoms with Crippen LogP contribution in [0, 0.1) is 5.92 Å². The van der Waals surface area contributed by atoms with Gasteiger partial charge in [0.15, 0.2) is 0 Å². The summed E-state index contributed by atoms with van der Waals surface area (Å²) >= 11 is 0. The molecule has 0 nitrogen and oxygen atoms in total. The van der Waals surface area contributed by atoms with Crippen molar-refractivity contribution in [3.05, 3.63) is 82.4 Å². The molecule has 0 amide bonds. The molecule has 2 aromatic carbocycles. The van der Waals surface area contributed by atoms with Gasteiger partial charge in [-0.25, -0.2) is 0 Å². The van der Waals surface area contributed by atoms with Crippen molar-refractivity contribution in [3.63, 3.8) is 0 Å². The summed E-state index contributed by atoms with van der Waals surface area (Å²) in [6.45, 7) is 2.45. The summed E-state index contributed by atoms with van der Waals surface area (Å²) in [5.41, 5.74) is 9.58. The number of hydrogen-bond acceptors (Lipinski definition) is 0. The van der Waals surface area contributed by atoms with E-state index in [9.17, 15) is 0 Å². The summed E-state index contributed by atoms with van der Waals surface area (Å²) in [5.74, 6) is 2.12. The molecule has 0 spiro atoms. The van der Waals surface area contributed by atoms with Gasteiger partial charge in [0.25, 0.3) is 0 Å². The second kappa shape index (κ2) is 6.02. The molecule has 126 valence electrons. The van der Waals surface area contributed by atoms with Gasteiger partial charge in [-0.3, -0.25) is 0 Å². The molecule has 0 fully saturated rings. The average molecular weight is 326 g/mol. The summed E-state index contributed by atoms with van der Waals surface area (Å²) in [7, 11) is 0. The van der Waals surface area contributed by atoms with E-state index in [-0.39, 0.29) is 0 Å². The Kier molecular flexibility index (Phi) is 3.66. The standard InChI is InChI=1S/C25H26/c1-17(16-19-12-11-18-6-2-3-7-20(18)19)10-13-23-21-8-4-5-9-22(21)24-14-15-25(23)24/h2-9,11-12,17,19,23H,10,13-16H2,1H3. The predicted molar refractivity (Wildman–Crippen MR) is 107 cm³/mol. The van der Waals surface area contributed by atoms with Gasteiger partial charge in [0.05, 0.1) is 0 Å². The minimum atomic E-state index is 0.626. The van der Waals surface area contributed by atoms with Crippen molar-refractivity contribution in [2.24, 2.45) is 5.92 Å². The van der Waals surface area contributed by atoms with E-state index in [1.807, 2.05) is 0 Å². The molecule has 3 aliphatic rings. The topological polar surface area (TPSA) is 0 Å². The smallest absolute Gasteiger partial charge is 0.00604 e. The van der Waals surface area contributed by atoms with Gasteiger partial charge < -0.3 is 0 Å². The highest BCUT2D eigenvalue weighted by Gasteiger charge is 2.35. The van der Waals surface area contributed by atoms with Gasteiger partial charge in [-0.15, -0.1) is 0 Å². The second-order valence-electron chi connectivity index (χ2n) is 8.16. The minimum absolute atomic E-state index is 0.626. The molecule has 0 aromatic heterocycles. The van der Waals surface area contributed by atoms with E-state index >= 15 is 0 Å². The van der Waals surface area contributed by atoms with Crippen LogP contribution in [0.5, 0.6) is 0 Å². The van der Waals surface area contributed by atoms with Crippen molar-refractivity contribution in [2.75, 3.05) is 0 Å². The fraction of sp³-hybridized carbons (Fsp3) is 0.360. The van der Waals surface area contributed by atoms with E-state index in [1.54, 1.807) is 22.3 Å². The Morgan fingerprint density at radius 3 is 2.60 bits per heavy atom. The number of benzene rings is 2. The van der Waals surface area contributed by atoms with E-state index in [2.05, 4.69) is 67.6 Å². The van der Waals surface area contributed by atoms with Crippen molar-refractivity contribution in [3.8, 4) is 0 Å². The van der Waals surface area contributed by atoms with Gasteiger partial charge in [0.1, 0.15) is 0 Å². The van der Waals surface area contributed by atoms with Crippen molar-refractivity contribution < 1.29 is 0 Å². The van der Waals surface area contributed by atoms with E-state index in [0.717, 1.165) is 5.92 Å². The molecule has 0 saturated heterocycles. The molecule has 3 aliphatic carbocycles. The molecule has 5 rings (SSSR count). The summed E-state index contributed by atoms with van der Waals surface area (Å²) in [6, 6.07) is 18.0. The summed E-state index contributed by atoms with van der Waals surface area (Å²) < 4.78 is 0. The Labute approximate surface area is 151 Å². The van der Waals surface area contributed by atoms with Gasteiger partial charge >= 0.3 is 0 Å². The van der Waals surface area contributed by atoms with Gasteiger partial charge in [0, 0.05) is 11.8 Å². The molecule has 0 radical (unpaired) electrons. The highest BCUT2D eigenvalue weighted by atomic mass is 14.4. The first-order valence-corrected chi connectivity index (χ1v) is 9.89. The molecule has 2 aromatic rings. The zero-order chi connectivity index (χ0) is 16.8. The number of fused-ring (bicyclic) bond motifs is 3. The summed E-state index contributed by atoms with van der Waals surface area (Å²) in [6.07, 6.45) is 11.3. The van der Waals surface area contributed by atoms with Crippen LogP contribution in [0.2, 0.25) is 0 Å². The van der Waals surface area contributed by atoms with Crippen molar-refractivity contribution in [1.82, 2.24) is 0 Å². The molecule has 0 bridgehead atoms. The Bertz CT molecular complexity index is 867. The molecule has 0 heteroatoms. The quantitative estimate of drug-likeness (QED) is 0.558. The minimum Gasteiger partial charge on any atom is -0.0764 e. The van der Waals surface area contributed by atoms with Crippen LogP contribution in [0.1, 0.15) is 73.1 Å². The fourth-order valence-corrected chi connectivity index (χ4v) is 5.21. The van der Waals surface area contributed by atoms with Crippen molar-refractivity contribution in [2.45, 2.75) is 50.9 Å². The zero-order valence-corrected chi connectivity index (χ0v) is 15.0. The van der Waals surface area contributed by atoms with Crippen LogP contribution in [0.25, 0.3) is 11.6 Å². The fourth-order valence-electron chi connectivity index (χ4n) is 5.21. The molecular formula is C25H26. The van der Waals surface area contributed by atoms with Crippen molar-refractivity contribution in [1.29, 1.82) is 0 Å². The Morgan fingerprint density at radius 1 is 0.960 bits per heavy atom. The third-order valence-corrected chi connectivity index (χ3v) is 6.62. The van der Waals surface area contributed by atoms with Crippen LogP contribution in [-0.4, -0.2) is 0 Å². The van der Waals surface area contributed by atoms with Crippen LogP contribution in [0.15, 0.2) is 60.2 Å². The number of rotatable bonds is 5. The summed E-state index contributed by atoms with van der Waals surface area (Å²) in [4.78, 5) is 0. The SMILES string of the molecule is CC(CCC1C2=C(CC2)c2ccccc21)CC1C=Cc2ccccc21. The highest BCUT2D eigenvalue weighted by Crippen LogP contribution is 2.54. The van der Waals surface area contributed by atoms with Gasteiger partial charge in [0.2, 0.25) is 0 Å². The number of allylic oxidation sites excluding steroid dienone is 3. The predicted octanol–water partition coefficient (Wildman–Crippen LogP) is 6.95. The maximum absolute atomic E-state index is 2.45. The highest BCUT2D eigenvalue weighted by molar-refractivity contribution is 5.82. The number of hydrogen-bond donors (Lipinski definition) is 0. The maximum Gasteiger partial charge on any atom is 0.00604 e. The Balaban J connectivity index is 1.25. The Hall–Kier alpha value is -2.08. The van der Waals surface area contributed by atoms with E-state index in [4.69, 9.17) is 0 Å². The Morgan fingerprint density at radius 2 is 1.76 bits per heavy atom. The molecule has 3 atom stereocenters. The lowest BCUT2D eigenvalue weighted by molar-refractivity contribution is 0.441. The molecule has 25 heavy (non-hydrogen) atoms. The summed E-state index contributed by atoms with van der Waals surface area (Å²) in [5, 5.41) is 0. The molecule has 0 N–H and O–H groups in total. The molecule has 3 unspecified atom stereocenters. The molecule has 0 heterocycles.